The number of carbonyl (C=O) groups is 1. The van der Waals surface area contributed by atoms with Gasteiger partial charge in [0, 0.05) is 5.97 Å². The van der Waals surface area contributed by atoms with E-state index in [-0.39, 0.29) is 57.8 Å². The molecule has 0 saturated carbocycles. The SMILES string of the molecule is CCC(O)CCC(=O)[O-].[K+]. The fourth-order valence-electron chi connectivity index (χ4n) is 0.489. The number of carboxylic acids is 1. The molecule has 0 bridgehead atoms. The number of aliphatic hydroxyl groups excluding tert-OH is 1. The third kappa shape index (κ3) is 9.07. The van der Waals surface area contributed by atoms with Gasteiger partial charge in [-0.05, 0) is 19.3 Å². The van der Waals surface area contributed by atoms with Crippen LogP contribution in [0.4, 0.5) is 0 Å². The summed E-state index contributed by atoms with van der Waals surface area (Å²) < 4.78 is 0. The van der Waals surface area contributed by atoms with E-state index < -0.39 is 12.1 Å². The van der Waals surface area contributed by atoms with Crippen LogP contribution in [0.3, 0.4) is 0 Å². The number of rotatable bonds is 4. The number of aliphatic hydroxyl groups is 1. The molecule has 0 fully saturated rings. The summed E-state index contributed by atoms with van der Waals surface area (Å²) in [5.74, 6) is -1.09. The number of carbonyl (C=O) groups excluding carboxylic acids is 1. The summed E-state index contributed by atoms with van der Waals surface area (Å²) in [6.45, 7) is 1.81. The van der Waals surface area contributed by atoms with Gasteiger partial charge in [0.15, 0.2) is 0 Å². The van der Waals surface area contributed by atoms with Gasteiger partial charge in [-0.3, -0.25) is 0 Å². The molecule has 54 valence electrons. The van der Waals surface area contributed by atoms with Crippen molar-refractivity contribution in [1.82, 2.24) is 0 Å². The van der Waals surface area contributed by atoms with E-state index in [1.54, 1.807) is 6.92 Å². The Labute approximate surface area is 103 Å². The molecule has 0 aromatic carbocycles. The first-order chi connectivity index (χ1) is 4.16. The number of hydrogen-bond acceptors (Lipinski definition) is 3. The van der Waals surface area contributed by atoms with Crippen LogP contribution in [0.25, 0.3) is 0 Å². The van der Waals surface area contributed by atoms with Gasteiger partial charge in [0.1, 0.15) is 0 Å². The summed E-state index contributed by atoms with van der Waals surface area (Å²) in [6, 6.07) is 0. The first-order valence-corrected chi connectivity index (χ1v) is 3.04. The zero-order chi connectivity index (χ0) is 7.28. The largest absolute Gasteiger partial charge is 1.00 e. The van der Waals surface area contributed by atoms with Crippen LogP contribution in [-0.4, -0.2) is 17.2 Å². The molecule has 0 radical (unpaired) electrons. The smallest absolute Gasteiger partial charge is 0.550 e. The molecular formula is C6H11KO3. The molecular weight excluding hydrogens is 159 g/mol. The van der Waals surface area contributed by atoms with Gasteiger partial charge in [-0.2, -0.15) is 0 Å². The van der Waals surface area contributed by atoms with Gasteiger partial charge in [0.2, 0.25) is 0 Å². The molecule has 1 atom stereocenters. The average Bonchev–Trinajstić information content (AvgIpc) is 1.83. The summed E-state index contributed by atoms with van der Waals surface area (Å²) >= 11 is 0. The van der Waals surface area contributed by atoms with Crippen molar-refractivity contribution in [3.63, 3.8) is 0 Å². The maximum atomic E-state index is 9.80. The van der Waals surface area contributed by atoms with E-state index >= 15 is 0 Å². The van der Waals surface area contributed by atoms with Gasteiger partial charge in [0.25, 0.3) is 0 Å². The van der Waals surface area contributed by atoms with Gasteiger partial charge >= 0.3 is 51.4 Å². The molecule has 0 rings (SSSR count). The van der Waals surface area contributed by atoms with E-state index in [1.807, 2.05) is 0 Å². The maximum Gasteiger partial charge on any atom is 1.00 e. The van der Waals surface area contributed by atoms with Crippen molar-refractivity contribution in [3.05, 3.63) is 0 Å². The zero-order valence-electron chi connectivity index (χ0n) is 6.46. The number of aliphatic carboxylic acids is 1. The van der Waals surface area contributed by atoms with E-state index in [2.05, 4.69) is 0 Å². The summed E-state index contributed by atoms with van der Waals surface area (Å²) in [7, 11) is 0. The van der Waals surface area contributed by atoms with Crippen molar-refractivity contribution in [2.45, 2.75) is 32.3 Å². The van der Waals surface area contributed by atoms with Gasteiger partial charge in [-0.1, -0.05) is 6.92 Å². The third-order valence-corrected chi connectivity index (χ3v) is 1.15. The Morgan fingerprint density at radius 2 is 2.20 bits per heavy atom. The van der Waals surface area contributed by atoms with Crippen LogP contribution in [0.2, 0.25) is 0 Å². The molecule has 0 aliphatic carbocycles. The molecule has 10 heavy (non-hydrogen) atoms. The fourth-order valence-corrected chi connectivity index (χ4v) is 0.489. The monoisotopic (exact) mass is 170 g/mol. The van der Waals surface area contributed by atoms with Crippen molar-refractivity contribution in [1.29, 1.82) is 0 Å². The summed E-state index contributed by atoms with van der Waals surface area (Å²) in [5, 5.41) is 18.6. The van der Waals surface area contributed by atoms with Crippen molar-refractivity contribution < 1.29 is 66.4 Å². The van der Waals surface area contributed by atoms with Crippen LogP contribution < -0.4 is 56.5 Å². The Bertz CT molecular complexity index is 95.0. The van der Waals surface area contributed by atoms with Crippen LogP contribution in [0.15, 0.2) is 0 Å². The van der Waals surface area contributed by atoms with Crippen molar-refractivity contribution in [2.24, 2.45) is 0 Å². The molecule has 0 aliphatic heterocycles. The van der Waals surface area contributed by atoms with Crippen LogP contribution in [0.1, 0.15) is 26.2 Å². The number of carboxylic acid groups (broad SMARTS) is 1. The second-order valence-corrected chi connectivity index (χ2v) is 1.97. The molecule has 0 heterocycles. The summed E-state index contributed by atoms with van der Waals surface area (Å²) in [6.07, 6.45) is 0.379. The second kappa shape index (κ2) is 8.17. The van der Waals surface area contributed by atoms with E-state index in [9.17, 15) is 9.90 Å². The quantitative estimate of drug-likeness (QED) is 0.442. The Kier molecular flexibility index (Phi) is 11.1. The molecule has 0 amide bonds. The fraction of sp³-hybridized carbons (Fsp3) is 0.833. The zero-order valence-corrected chi connectivity index (χ0v) is 9.59. The van der Waals surface area contributed by atoms with E-state index in [0.717, 1.165) is 0 Å². The molecule has 0 aromatic rings. The van der Waals surface area contributed by atoms with Gasteiger partial charge in [0.05, 0.1) is 6.10 Å². The second-order valence-electron chi connectivity index (χ2n) is 1.97. The molecule has 1 N–H and O–H groups in total. The van der Waals surface area contributed by atoms with Crippen LogP contribution >= 0.6 is 0 Å². The normalized spacial score (nSPS) is 11.8. The van der Waals surface area contributed by atoms with E-state index in [1.165, 1.54) is 0 Å². The van der Waals surface area contributed by atoms with E-state index in [0.29, 0.717) is 12.8 Å². The Balaban J connectivity index is 0. The molecule has 4 heteroatoms. The molecule has 0 saturated heterocycles. The maximum absolute atomic E-state index is 9.80. The van der Waals surface area contributed by atoms with Gasteiger partial charge in [-0.25, -0.2) is 0 Å². The molecule has 1 unspecified atom stereocenters. The predicted octanol–water partition coefficient (Wildman–Crippen LogP) is -3.71. The Morgan fingerprint density at radius 3 is 2.50 bits per heavy atom. The minimum Gasteiger partial charge on any atom is -0.550 e. The average molecular weight is 170 g/mol. The van der Waals surface area contributed by atoms with Crippen molar-refractivity contribution in [2.75, 3.05) is 0 Å². The third-order valence-electron chi connectivity index (χ3n) is 1.15. The molecule has 3 nitrogen and oxygen atoms in total. The molecule has 0 spiro atoms. The minimum atomic E-state index is -1.09. The van der Waals surface area contributed by atoms with Gasteiger partial charge in [-0.15, -0.1) is 0 Å². The van der Waals surface area contributed by atoms with Crippen molar-refractivity contribution >= 4 is 5.97 Å². The topological polar surface area (TPSA) is 60.4 Å². The standard InChI is InChI=1S/C6H12O3.K/c1-2-5(7)3-4-6(8)9;/h5,7H,2-4H2,1H3,(H,8,9);/q;+1/p-1. The Morgan fingerprint density at radius 1 is 1.70 bits per heavy atom. The van der Waals surface area contributed by atoms with Crippen LogP contribution in [0, 0.1) is 0 Å². The predicted molar refractivity (Wildman–Crippen MR) is 30.5 cm³/mol. The molecule has 0 aliphatic rings. The van der Waals surface area contributed by atoms with Gasteiger partial charge < -0.3 is 15.0 Å². The summed E-state index contributed by atoms with van der Waals surface area (Å²) in [5.41, 5.74) is 0. The first kappa shape index (κ1) is 13.6. The van der Waals surface area contributed by atoms with Crippen LogP contribution in [-0.2, 0) is 4.79 Å². The van der Waals surface area contributed by atoms with Crippen molar-refractivity contribution in [3.8, 4) is 0 Å². The minimum absolute atomic E-state index is 0. The first-order valence-electron chi connectivity index (χ1n) is 3.04. The number of hydrogen-bond donors (Lipinski definition) is 1. The van der Waals surface area contributed by atoms with E-state index in [4.69, 9.17) is 5.11 Å². The van der Waals surface area contributed by atoms with Crippen LogP contribution in [0.5, 0.6) is 0 Å². The summed E-state index contributed by atoms with van der Waals surface area (Å²) in [4.78, 5) is 9.80. The molecule has 0 aromatic heterocycles. The Hall–Kier alpha value is 1.07.